The monoisotopic (exact) mass is 208 g/mol. The number of rotatable bonds is 3. The largest absolute Gasteiger partial charge is 0.0998 e. The van der Waals surface area contributed by atoms with Crippen molar-refractivity contribution in [3.8, 4) is 11.1 Å². The first-order chi connectivity index (χ1) is 7.75. The second-order valence-corrected chi connectivity index (χ2v) is 4.20. The van der Waals surface area contributed by atoms with Crippen LogP contribution in [0.4, 0.5) is 0 Å². The summed E-state index contributed by atoms with van der Waals surface area (Å²) in [5.74, 6) is 0. The predicted molar refractivity (Wildman–Crippen MR) is 70.4 cm³/mol. The van der Waals surface area contributed by atoms with Crippen LogP contribution in [-0.2, 0) is 6.42 Å². The van der Waals surface area contributed by atoms with Gasteiger partial charge < -0.3 is 0 Å². The highest BCUT2D eigenvalue weighted by atomic mass is 14.0. The molecule has 2 rings (SSSR count). The van der Waals surface area contributed by atoms with E-state index in [-0.39, 0.29) is 0 Å². The topological polar surface area (TPSA) is 0 Å². The van der Waals surface area contributed by atoms with Crippen LogP contribution in [0.3, 0.4) is 0 Å². The molecule has 0 heteroatoms. The lowest BCUT2D eigenvalue weighted by atomic mass is 10.0. The van der Waals surface area contributed by atoms with Crippen LogP contribution in [0.25, 0.3) is 11.1 Å². The lowest BCUT2D eigenvalue weighted by molar-refractivity contribution is 1.16. The maximum Gasteiger partial charge on any atom is -0.00726 e. The molecule has 0 bridgehead atoms. The molecule has 0 spiro atoms. The molecule has 0 N–H and O–H groups in total. The van der Waals surface area contributed by atoms with E-state index < -0.39 is 0 Å². The summed E-state index contributed by atoms with van der Waals surface area (Å²) in [4.78, 5) is 0. The molecule has 0 amide bonds. The quantitative estimate of drug-likeness (QED) is 0.653. The zero-order valence-corrected chi connectivity index (χ0v) is 9.61. The molecule has 0 aliphatic rings. The van der Waals surface area contributed by atoms with E-state index in [0.717, 1.165) is 6.42 Å². The molecule has 0 aromatic heterocycles. The van der Waals surface area contributed by atoms with Crippen molar-refractivity contribution >= 4 is 0 Å². The van der Waals surface area contributed by atoms with E-state index in [1.165, 1.54) is 22.3 Å². The van der Waals surface area contributed by atoms with Crippen molar-refractivity contribution in [1.82, 2.24) is 0 Å². The lowest BCUT2D eigenvalue weighted by Crippen LogP contribution is -1.85. The molecule has 2 aromatic carbocycles. The molecule has 0 saturated carbocycles. The summed E-state index contributed by atoms with van der Waals surface area (Å²) in [6.07, 6.45) is 0.967. The Labute approximate surface area is 97.3 Å². The summed E-state index contributed by atoms with van der Waals surface area (Å²) < 4.78 is 0. The van der Waals surface area contributed by atoms with Crippen molar-refractivity contribution in [2.45, 2.75) is 13.3 Å². The fourth-order valence-corrected chi connectivity index (χ4v) is 1.79. The second-order valence-electron chi connectivity index (χ2n) is 4.20. The van der Waals surface area contributed by atoms with Crippen molar-refractivity contribution in [3.05, 3.63) is 72.3 Å². The third-order valence-electron chi connectivity index (χ3n) is 2.57. The number of allylic oxidation sites excluding steroid dienone is 1. The summed E-state index contributed by atoms with van der Waals surface area (Å²) in [7, 11) is 0. The van der Waals surface area contributed by atoms with Crippen LogP contribution in [0, 0.1) is 0 Å². The third kappa shape index (κ3) is 2.60. The molecule has 0 unspecified atom stereocenters. The fraction of sp³-hybridized carbons (Fsp3) is 0.125. The predicted octanol–water partition coefficient (Wildman–Crippen LogP) is 4.47. The van der Waals surface area contributed by atoms with Gasteiger partial charge in [-0.2, -0.15) is 0 Å². The molecule has 2 aromatic rings. The first-order valence-electron chi connectivity index (χ1n) is 5.54. The van der Waals surface area contributed by atoms with Gasteiger partial charge >= 0.3 is 0 Å². The van der Waals surface area contributed by atoms with Crippen LogP contribution in [0.2, 0.25) is 0 Å². The molecule has 16 heavy (non-hydrogen) atoms. The van der Waals surface area contributed by atoms with Crippen molar-refractivity contribution in [3.63, 3.8) is 0 Å². The van der Waals surface area contributed by atoms with Gasteiger partial charge in [0.1, 0.15) is 0 Å². The smallest absolute Gasteiger partial charge is 0.00726 e. The van der Waals surface area contributed by atoms with Gasteiger partial charge in [0, 0.05) is 0 Å². The summed E-state index contributed by atoms with van der Waals surface area (Å²) in [5.41, 5.74) is 5.06. The van der Waals surface area contributed by atoms with E-state index in [9.17, 15) is 0 Å². The van der Waals surface area contributed by atoms with Crippen molar-refractivity contribution in [2.24, 2.45) is 0 Å². The Morgan fingerprint density at radius 3 is 2.00 bits per heavy atom. The standard InChI is InChI=1S/C16H16/c1-13(2)12-14-8-10-16(11-9-14)15-6-4-3-5-7-15/h3-11H,1,12H2,2H3. The van der Waals surface area contributed by atoms with Gasteiger partial charge in [-0.3, -0.25) is 0 Å². The lowest BCUT2D eigenvalue weighted by Gasteiger charge is -2.04. The van der Waals surface area contributed by atoms with E-state index in [1.54, 1.807) is 0 Å². The van der Waals surface area contributed by atoms with Gasteiger partial charge in [0.15, 0.2) is 0 Å². The Balaban J connectivity index is 2.23. The van der Waals surface area contributed by atoms with Crippen molar-refractivity contribution < 1.29 is 0 Å². The fourth-order valence-electron chi connectivity index (χ4n) is 1.79. The first-order valence-corrected chi connectivity index (χ1v) is 5.54. The molecule has 0 nitrogen and oxygen atoms in total. The minimum atomic E-state index is 0.967. The Kier molecular flexibility index (Phi) is 3.21. The summed E-state index contributed by atoms with van der Waals surface area (Å²) in [6.45, 7) is 5.99. The molecule has 0 aliphatic heterocycles. The maximum atomic E-state index is 3.93. The Morgan fingerprint density at radius 2 is 1.44 bits per heavy atom. The molecule has 80 valence electrons. The van der Waals surface area contributed by atoms with Crippen LogP contribution >= 0.6 is 0 Å². The van der Waals surface area contributed by atoms with Gasteiger partial charge in [-0.25, -0.2) is 0 Å². The molecule has 0 atom stereocenters. The second kappa shape index (κ2) is 4.80. The van der Waals surface area contributed by atoms with Gasteiger partial charge in [0.25, 0.3) is 0 Å². The van der Waals surface area contributed by atoms with Crippen molar-refractivity contribution in [1.29, 1.82) is 0 Å². The van der Waals surface area contributed by atoms with E-state index in [4.69, 9.17) is 0 Å². The van der Waals surface area contributed by atoms with E-state index in [0.29, 0.717) is 0 Å². The van der Waals surface area contributed by atoms with Gasteiger partial charge in [-0.1, -0.05) is 66.7 Å². The Morgan fingerprint density at radius 1 is 0.875 bits per heavy atom. The molecule has 0 saturated heterocycles. The molecular formula is C16H16. The molecule has 0 heterocycles. The Hall–Kier alpha value is -1.82. The zero-order chi connectivity index (χ0) is 11.4. The maximum absolute atomic E-state index is 3.93. The van der Waals surface area contributed by atoms with Gasteiger partial charge in [0.05, 0.1) is 0 Å². The molecular weight excluding hydrogens is 192 g/mol. The highest BCUT2D eigenvalue weighted by molar-refractivity contribution is 5.63. The zero-order valence-electron chi connectivity index (χ0n) is 9.61. The Bertz CT molecular complexity index is 463. The average Bonchev–Trinajstić information content (AvgIpc) is 2.30. The van der Waals surface area contributed by atoms with E-state index in [2.05, 4.69) is 62.0 Å². The summed E-state index contributed by atoms with van der Waals surface area (Å²) in [6, 6.07) is 19.1. The normalized spacial score (nSPS) is 10.1. The van der Waals surface area contributed by atoms with Gasteiger partial charge in [-0.05, 0) is 30.0 Å². The van der Waals surface area contributed by atoms with Crippen molar-refractivity contribution in [2.75, 3.05) is 0 Å². The van der Waals surface area contributed by atoms with E-state index in [1.807, 2.05) is 6.07 Å². The molecule has 0 fully saturated rings. The number of benzene rings is 2. The van der Waals surface area contributed by atoms with Gasteiger partial charge in [0.2, 0.25) is 0 Å². The third-order valence-corrected chi connectivity index (χ3v) is 2.57. The first kappa shape index (κ1) is 10.7. The molecule has 0 aliphatic carbocycles. The summed E-state index contributed by atoms with van der Waals surface area (Å²) >= 11 is 0. The number of hydrogen-bond acceptors (Lipinski definition) is 0. The van der Waals surface area contributed by atoms with Gasteiger partial charge in [-0.15, -0.1) is 0 Å². The average molecular weight is 208 g/mol. The minimum absolute atomic E-state index is 0.967. The van der Waals surface area contributed by atoms with Crippen LogP contribution in [-0.4, -0.2) is 0 Å². The minimum Gasteiger partial charge on any atom is -0.0998 e. The highest BCUT2D eigenvalue weighted by Crippen LogP contribution is 2.19. The summed E-state index contributed by atoms with van der Waals surface area (Å²) in [5, 5.41) is 0. The van der Waals surface area contributed by atoms with Crippen LogP contribution in [0.1, 0.15) is 12.5 Å². The van der Waals surface area contributed by atoms with Crippen LogP contribution < -0.4 is 0 Å². The SMILES string of the molecule is C=C(C)Cc1ccc(-c2ccccc2)cc1. The van der Waals surface area contributed by atoms with Crippen LogP contribution in [0.5, 0.6) is 0 Å². The molecule has 0 radical (unpaired) electrons. The highest BCUT2D eigenvalue weighted by Gasteiger charge is 1.97. The number of hydrogen-bond donors (Lipinski definition) is 0. The van der Waals surface area contributed by atoms with Crippen LogP contribution in [0.15, 0.2) is 66.7 Å². The van der Waals surface area contributed by atoms with E-state index >= 15 is 0 Å².